The molecule has 4 nitrogen and oxygen atoms in total. The molecule has 0 saturated heterocycles. The van der Waals surface area contributed by atoms with E-state index in [0.29, 0.717) is 12.6 Å². The lowest BCUT2D eigenvalue weighted by atomic mass is 9.94. The van der Waals surface area contributed by atoms with E-state index in [-0.39, 0.29) is 11.9 Å². The van der Waals surface area contributed by atoms with Gasteiger partial charge in [-0.1, -0.05) is 19.3 Å². The molecular formula is C12H25NO3S. The van der Waals surface area contributed by atoms with E-state index >= 15 is 0 Å². The van der Waals surface area contributed by atoms with Crippen molar-refractivity contribution < 1.29 is 12.6 Å². The Morgan fingerprint density at radius 3 is 2.35 bits per heavy atom. The van der Waals surface area contributed by atoms with E-state index in [1.54, 1.807) is 13.8 Å². The average Bonchev–Trinajstić information content (AvgIpc) is 2.25. The van der Waals surface area contributed by atoms with Crippen LogP contribution >= 0.6 is 0 Å². The lowest BCUT2D eigenvalue weighted by Crippen LogP contribution is -2.37. The molecule has 0 unspecified atom stereocenters. The molecule has 0 atom stereocenters. The van der Waals surface area contributed by atoms with Gasteiger partial charge in [-0.05, 0) is 33.7 Å². The molecule has 0 aliphatic heterocycles. The summed E-state index contributed by atoms with van der Waals surface area (Å²) < 4.78 is 28.1. The molecule has 1 fully saturated rings. The summed E-state index contributed by atoms with van der Waals surface area (Å²) in [7, 11) is -1.34. The summed E-state index contributed by atoms with van der Waals surface area (Å²) in [6.45, 7) is 4.05. The molecule has 5 heteroatoms. The first-order valence-corrected chi connectivity index (χ1v) is 8.09. The van der Waals surface area contributed by atoms with Crippen molar-refractivity contribution in [3.05, 3.63) is 0 Å². The van der Waals surface area contributed by atoms with Crippen molar-refractivity contribution in [3.8, 4) is 0 Å². The zero-order chi connectivity index (χ0) is 12.9. The third kappa shape index (κ3) is 5.84. The fourth-order valence-electron chi connectivity index (χ4n) is 2.30. The van der Waals surface area contributed by atoms with Gasteiger partial charge in [0.05, 0.1) is 11.9 Å². The molecule has 1 aliphatic rings. The molecule has 0 aromatic heterocycles. The molecular weight excluding hydrogens is 238 g/mol. The van der Waals surface area contributed by atoms with E-state index in [9.17, 15) is 8.42 Å². The molecule has 0 aromatic rings. The standard InChI is InChI=1S/C12H25NO3S/c1-11(2)16-17(14,15)10-9-13(3)12-7-5-4-6-8-12/h11-12H,4-10H2,1-3H3. The molecule has 1 rings (SSSR count). The Kier molecular flexibility index (Phi) is 5.89. The summed E-state index contributed by atoms with van der Waals surface area (Å²) in [5.74, 6) is 0.0954. The zero-order valence-corrected chi connectivity index (χ0v) is 12.0. The highest BCUT2D eigenvalue weighted by Gasteiger charge is 2.20. The van der Waals surface area contributed by atoms with Crippen LogP contribution in [0.1, 0.15) is 46.0 Å². The Morgan fingerprint density at radius 1 is 1.24 bits per heavy atom. The van der Waals surface area contributed by atoms with Gasteiger partial charge >= 0.3 is 0 Å². The van der Waals surface area contributed by atoms with Gasteiger partial charge in [-0.3, -0.25) is 4.18 Å². The van der Waals surface area contributed by atoms with Crippen molar-refractivity contribution in [1.29, 1.82) is 0 Å². The largest absolute Gasteiger partial charge is 0.302 e. The SMILES string of the molecule is CC(C)OS(=O)(=O)CCN(C)C1CCCCC1. The summed E-state index contributed by atoms with van der Waals surface area (Å²) in [4.78, 5) is 2.17. The van der Waals surface area contributed by atoms with Crippen LogP contribution in [0.4, 0.5) is 0 Å². The third-order valence-corrected chi connectivity index (χ3v) is 4.59. The van der Waals surface area contributed by atoms with Gasteiger partial charge in [0.1, 0.15) is 0 Å². The second kappa shape index (κ2) is 6.71. The van der Waals surface area contributed by atoms with Crippen molar-refractivity contribution in [3.63, 3.8) is 0 Å². The van der Waals surface area contributed by atoms with Crippen LogP contribution in [0.15, 0.2) is 0 Å². The second-order valence-corrected chi connectivity index (χ2v) is 6.90. The number of hydrogen-bond donors (Lipinski definition) is 0. The van der Waals surface area contributed by atoms with Gasteiger partial charge in [-0.2, -0.15) is 8.42 Å². The minimum Gasteiger partial charge on any atom is -0.302 e. The van der Waals surface area contributed by atoms with Gasteiger partial charge in [-0.25, -0.2) is 0 Å². The molecule has 0 bridgehead atoms. The highest BCUT2D eigenvalue weighted by molar-refractivity contribution is 7.86. The first kappa shape index (κ1) is 14.9. The topological polar surface area (TPSA) is 46.6 Å². The van der Waals surface area contributed by atoms with Crippen LogP contribution in [0.3, 0.4) is 0 Å². The first-order valence-electron chi connectivity index (χ1n) is 6.52. The van der Waals surface area contributed by atoms with Gasteiger partial charge in [0.2, 0.25) is 0 Å². The Morgan fingerprint density at radius 2 is 1.82 bits per heavy atom. The van der Waals surface area contributed by atoms with Crippen LogP contribution < -0.4 is 0 Å². The third-order valence-electron chi connectivity index (χ3n) is 3.23. The van der Waals surface area contributed by atoms with E-state index < -0.39 is 10.1 Å². The smallest absolute Gasteiger partial charge is 0.268 e. The zero-order valence-electron chi connectivity index (χ0n) is 11.2. The summed E-state index contributed by atoms with van der Waals surface area (Å²) >= 11 is 0. The van der Waals surface area contributed by atoms with Crippen LogP contribution in [0.25, 0.3) is 0 Å². The van der Waals surface area contributed by atoms with E-state index in [0.717, 1.165) is 0 Å². The van der Waals surface area contributed by atoms with E-state index in [1.165, 1.54) is 32.1 Å². The van der Waals surface area contributed by atoms with Gasteiger partial charge in [0.15, 0.2) is 0 Å². The molecule has 0 aromatic carbocycles. The molecule has 0 heterocycles. The van der Waals surface area contributed by atoms with Crippen molar-refractivity contribution in [2.45, 2.75) is 58.1 Å². The fourth-order valence-corrected chi connectivity index (χ4v) is 3.50. The molecule has 0 radical (unpaired) electrons. The minimum atomic E-state index is -3.36. The van der Waals surface area contributed by atoms with Crippen LogP contribution in [-0.2, 0) is 14.3 Å². The molecule has 0 amide bonds. The average molecular weight is 263 g/mol. The Bertz CT molecular complexity index is 308. The van der Waals surface area contributed by atoms with Gasteiger partial charge < -0.3 is 4.90 Å². The number of nitrogens with zero attached hydrogens (tertiary/aromatic N) is 1. The Hall–Kier alpha value is -0.130. The van der Waals surface area contributed by atoms with Crippen molar-refractivity contribution in [1.82, 2.24) is 4.90 Å². The van der Waals surface area contributed by atoms with Crippen molar-refractivity contribution >= 4 is 10.1 Å². The molecule has 0 N–H and O–H groups in total. The van der Waals surface area contributed by atoms with Gasteiger partial charge in [-0.15, -0.1) is 0 Å². The number of rotatable bonds is 6. The molecule has 17 heavy (non-hydrogen) atoms. The quantitative estimate of drug-likeness (QED) is 0.688. The van der Waals surface area contributed by atoms with Crippen LogP contribution in [0.2, 0.25) is 0 Å². The lowest BCUT2D eigenvalue weighted by molar-refractivity contribution is 0.196. The summed E-state index contributed by atoms with van der Waals surface area (Å²) in [5.41, 5.74) is 0. The van der Waals surface area contributed by atoms with Gasteiger partial charge in [0.25, 0.3) is 10.1 Å². The lowest BCUT2D eigenvalue weighted by Gasteiger charge is -2.30. The predicted octanol–water partition coefficient (Wildman–Crippen LogP) is 2.01. The highest BCUT2D eigenvalue weighted by Crippen LogP contribution is 2.21. The second-order valence-electron chi connectivity index (χ2n) is 5.18. The van der Waals surface area contributed by atoms with Gasteiger partial charge in [0, 0.05) is 12.6 Å². The van der Waals surface area contributed by atoms with Crippen LogP contribution in [-0.4, -0.2) is 44.8 Å². The van der Waals surface area contributed by atoms with Crippen LogP contribution in [0, 0.1) is 0 Å². The fraction of sp³-hybridized carbons (Fsp3) is 1.00. The van der Waals surface area contributed by atoms with Crippen molar-refractivity contribution in [2.24, 2.45) is 0 Å². The highest BCUT2D eigenvalue weighted by atomic mass is 32.2. The van der Waals surface area contributed by atoms with Crippen LogP contribution in [0.5, 0.6) is 0 Å². The maximum atomic E-state index is 11.6. The number of hydrogen-bond acceptors (Lipinski definition) is 4. The molecule has 102 valence electrons. The minimum absolute atomic E-state index is 0.0954. The Labute approximate surface area is 105 Å². The first-order chi connectivity index (χ1) is 7.91. The molecule has 1 saturated carbocycles. The normalized spacial score (nSPS) is 19.1. The van der Waals surface area contributed by atoms with E-state index in [1.807, 2.05) is 7.05 Å². The van der Waals surface area contributed by atoms with E-state index in [2.05, 4.69) is 4.90 Å². The summed E-state index contributed by atoms with van der Waals surface area (Å²) in [5, 5.41) is 0. The predicted molar refractivity (Wildman–Crippen MR) is 69.5 cm³/mol. The summed E-state index contributed by atoms with van der Waals surface area (Å²) in [6, 6.07) is 0.554. The molecule has 0 spiro atoms. The molecule has 1 aliphatic carbocycles. The summed E-state index contributed by atoms with van der Waals surface area (Å²) in [6.07, 6.45) is 5.98. The maximum absolute atomic E-state index is 11.6. The monoisotopic (exact) mass is 263 g/mol. The maximum Gasteiger partial charge on any atom is 0.268 e. The van der Waals surface area contributed by atoms with Crippen molar-refractivity contribution in [2.75, 3.05) is 19.3 Å². The Balaban J connectivity index is 2.33. The van der Waals surface area contributed by atoms with E-state index in [4.69, 9.17) is 4.18 Å².